The maximum absolute atomic E-state index is 12.0. The Morgan fingerprint density at radius 3 is 2.53 bits per heavy atom. The summed E-state index contributed by atoms with van der Waals surface area (Å²) in [6.45, 7) is 1.00. The van der Waals surface area contributed by atoms with Gasteiger partial charge >= 0.3 is 0 Å². The van der Waals surface area contributed by atoms with Gasteiger partial charge in [-0.15, -0.1) is 0 Å². The van der Waals surface area contributed by atoms with Crippen molar-refractivity contribution in [2.24, 2.45) is 0 Å². The zero-order chi connectivity index (χ0) is 12.4. The van der Waals surface area contributed by atoms with Crippen molar-refractivity contribution in [2.45, 2.75) is 17.4 Å². The lowest BCUT2D eigenvalue weighted by Gasteiger charge is -2.15. The van der Waals surface area contributed by atoms with E-state index in [1.807, 2.05) is 0 Å². The molecule has 2 atom stereocenters. The van der Waals surface area contributed by atoms with Gasteiger partial charge in [-0.25, -0.2) is 0 Å². The second kappa shape index (κ2) is 4.98. The van der Waals surface area contributed by atoms with E-state index in [4.69, 9.17) is 0 Å². The second-order valence-electron chi connectivity index (χ2n) is 4.17. The number of rotatable bonds is 2. The number of β-amino-alcohol motifs (C(OH)–C–C–N with tert-alkyl or cyclic N) is 1. The number of likely N-dealkylation sites (tertiary alicyclic amines) is 1. The highest BCUT2D eigenvalue weighted by molar-refractivity contribution is 7.84. The number of benzene rings is 1. The molecular formula is C12H15NO3S. The molecule has 1 N–H and O–H groups in total. The topological polar surface area (TPSA) is 57.6 Å². The first-order chi connectivity index (χ1) is 8.08. The Hall–Kier alpha value is -1.20. The van der Waals surface area contributed by atoms with Crippen LogP contribution in [-0.2, 0) is 10.8 Å². The number of amides is 1. The number of carbonyl (C=O) groups is 1. The third kappa shape index (κ3) is 2.73. The van der Waals surface area contributed by atoms with Crippen molar-refractivity contribution in [2.75, 3.05) is 19.3 Å². The summed E-state index contributed by atoms with van der Waals surface area (Å²) in [5.74, 6) is -0.0741. The Kier molecular flexibility index (Phi) is 3.59. The molecule has 0 bridgehead atoms. The summed E-state index contributed by atoms with van der Waals surface area (Å²) in [5.41, 5.74) is 0.577. The van der Waals surface area contributed by atoms with E-state index in [0.717, 1.165) is 0 Å². The van der Waals surface area contributed by atoms with E-state index in [-0.39, 0.29) is 5.91 Å². The molecule has 0 radical (unpaired) electrons. The predicted molar refractivity (Wildman–Crippen MR) is 65.3 cm³/mol. The van der Waals surface area contributed by atoms with Crippen LogP contribution in [0, 0.1) is 0 Å². The van der Waals surface area contributed by atoms with Crippen LogP contribution in [0.25, 0.3) is 0 Å². The van der Waals surface area contributed by atoms with Crippen LogP contribution < -0.4 is 0 Å². The van der Waals surface area contributed by atoms with Crippen LogP contribution in [0.4, 0.5) is 0 Å². The van der Waals surface area contributed by atoms with Crippen LogP contribution in [0.15, 0.2) is 29.2 Å². The molecule has 17 heavy (non-hydrogen) atoms. The Balaban J connectivity index is 2.12. The molecule has 92 valence electrons. The lowest BCUT2D eigenvalue weighted by molar-refractivity contribution is 0.0765. The Labute approximate surface area is 103 Å². The maximum atomic E-state index is 12.0. The van der Waals surface area contributed by atoms with Crippen LogP contribution >= 0.6 is 0 Å². The number of nitrogens with zero attached hydrogens (tertiary/aromatic N) is 1. The number of aliphatic hydroxyl groups excluding tert-OH is 1. The summed E-state index contributed by atoms with van der Waals surface area (Å²) >= 11 is 0. The van der Waals surface area contributed by atoms with Gasteiger partial charge < -0.3 is 10.0 Å². The smallest absolute Gasteiger partial charge is 0.253 e. The highest BCUT2D eigenvalue weighted by atomic mass is 32.2. The largest absolute Gasteiger partial charge is 0.391 e. The van der Waals surface area contributed by atoms with Gasteiger partial charge in [0.15, 0.2) is 0 Å². The highest BCUT2D eigenvalue weighted by Gasteiger charge is 2.25. The first-order valence-electron chi connectivity index (χ1n) is 5.49. The van der Waals surface area contributed by atoms with E-state index in [9.17, 15) is 14.1 Å². The van der Waals surface area contributed by atoms with Gasteiger partial charge in [0.25, 0.3) is 5.91 Å². The lowest BCUT2D eigenvalue weighted by Crippen LogP contribution is -2.29. The maximum Gasteiger partial charge on any atom is 0.253 e. The average Bonchev–Trinajstić information content (AvgIpc) is 2.75. The summed E-state index contributed by atoms with van der Waals surface area (Å²) in [4.78, 5) is 14.4. The predicted octanol–water partition coefficient (Wildman–Crippen LogP) is 0.631. The summed E-state index contributed by atoms with van der Waals surface area (Å²) in [5, 5.41) is 9.38. The van der Waals surface area contributed by atoms with Gasteiger partial charge in [-0.1, -0.05) is 0 Å². The van der Waals surface area contributed by atoms with Crippen molar-refractivity contribution >= 4 is 16.7 Å². The van der Waals surface area contributed by atoms with Gasteiger partial charge in [-0.05, 0) is 30.7 Å². The first kappa shape index (κ1) is 12.3. The van der Waals surface area contributed by atoms with Gasteiger partial charge in [0, 0.05) is 40.6 Å². The van der Waals surface area contributed by atoms with Gasteiger partial charge in [0.1, 0.15) is 0 Å². The molecule has 1 aliphatic heterocycles. The lowest BCUT2D eigenvalue weighted by atomic mass is 10.2. The molecule has 5 heteroatoms. The summed E-state index contributed by atoms with van der Waals surface area (Å²) in [7, 11) is -1.02. The van der Waals surface area contributed by atoms with E-state index in [1.54, 1.807) is 35.4 Å². The zero-order valence-corrected chi connectivity index (χ0v) is 10.4. The molecule has 4 nitrogen and oxygen atoms in total. The Morgan fingerprint density at radius 1 is 1.41 bits per heavy atom. The molecule has 1 fully saturated rings. The van der Waals surface area contributed by atoms with E-state index in [0.29, 0.717) is 30.0 Å². The van der Waals surface area contributed by atoms with E-state index in [1.165, 1.54) is 0 Å². The first-order valence-corrected chi connectivity index (χ1v) is 7.04. The van der Waals surface area contributed by atoms with Crippen LogP contribution in [0.2, 0.25) is 0 Å². The third-order valence-electron chi connectivity index (χ3n) is 2.88. The number of aliphatic hydroxyl groups is 1. The normalized spacial score (nSPS) is 21.5. The van der Waals surface area contributed by atoms with Gasteiger partial charge in [0.2, 0.25) is 0 Å². The second-order valence-corrected chi connectivity index (χ2v) is 5.55. The molecule has 1 saturated heterocycles. The van der Waals surface area contributed by atoms with Crippen LogP contribution in [0.5, 0.6) is 0 Å². The fourth-order valence-electron chi connectivity index (χ4n) is 1.90. The van der Waals surface area contributed by atoms with E-state index < -0.39 is 16.9 Å². The molecule has 1 heterocycles. The molecular weight excluding hydrogens is 238 g/mol. The van der Waals surface area contributed by atoms with Crippen LogP contribution in [0.3, 0.4) is 0 Å². The fraction of sp³-hybridized carbons (Fsp3) is 0.417. The van der Waals surface area contributed by atoms with Crippen molar-refractivity contribution in [3.63, 3.8) is 0 Å². The molecule has 1 aromatic carbocycles. The minimum Gasteiger partial charge on any atom is -0.391 e. The third-order valence-corrected chi connectivity index (χ3v) is 3.82. The SMILES string of the molecule is CS(=O)c1ccc(C(=O)N2CC[C@@H](O)C2)cc1. The molecule has 0 aliphatic carbocycles. The molecule has 0 spiro atoms. The molecule has 1 unspecified atom stereocenters. The zero-order valence-electron chi connectivity index (χ0n) is 9.63. The van der Waals surface area contributed by atoms with E-state index >= 15 is 0 Å². The standard InChI is InChI=1S/C12H15NO3S/c1-17(16)11-4-2-9(3-5-11)12(15)13-7-6-10(14)8-13/h2-5,10,14H,6-8H2,1H3/t10-,17?/m1/s1. The Bertz CT molecular complexity index is 444. The minimum atomic E-state index is -1.02. The van der Waals surface area contributed by atoms with Crippen LogP contribution in [0.1, 0.15) is 16.8 Å². The van der Waals surface area contributed by atoms with Crippen LogP contribution in [-0.4, -0.2) is 45.6 Å². The molecule has 0 aromatic heterocycles. The monoisotopic (exact) mass is 253 g/mol. The number of carbonyl (C=O) groups excluding carboxylic acids is 1. The minimum absolute atomic E-state index is 0.0741. The molecule has 0 saturated carbocycles. The summed E-state index contributed by atoms with van der Waals surface area (Å²) < 4.78 is 11.2. The quantitative estimate of drug-likeness (QED) is 0.841. The van der Waals surface area contributed by atoms with Gasteiger partial charge in [-0.2, -0.15) is 0 Å². The average molecular weight is 253 g/mol. The van der Waals surface area contributed by atoms with Gasteiger partial charge in [-0.3, -0.25) is 9.00 Å². The van der Waals surface area contributed by atoms with Crippen molar-refractivity contribution < 1.29 is 14.1 Å². The van der Waals surface area contributed by atoms with Crippen molar-refractivity contribution in [1.82, 2.24) is 4.90 Å². The molecule has 1 aromatic rings. The molecule has 1 aliphatic rings. The number of hydrogen-bond donors (Lipinski definition) is 1. The molecule has 2 rings (SSSR count). The number of hydrogen-bond acceptors (Lipinski definition) is 3. The summed E-state index contributed by atoms with van der Waals surface area (Å²) in [6.07, 6.45) is 1.84. The summed E-state index contributed by atoms with van der Waals surface area (Å²) in [6, 6.07) is 6.78. The fourth-order valence-corrected chi connectivity index (χ4v) is 2.42. The van der Waals surface area contributed by atoms with Gasteiger partial charge in [0.05, 0.1) is 6.10 Å². The van der Waals surface area contributed by atoms with Crippen molar-refractivity contribution in [1.29, 1.82) is 0 Å². The highest BCUT2D eigenvalue weighted by Crippen LogP contribution is 2.15. The van der Waals surface area contributed by atoms with Crippen molar-refractivity contribution in [3.05, 3.63) is 29.8 Å². The van der Waals surface area contributed by atoms with Crippen molar-refractivity contribution in [3.8, 4) is 0 Å². The van der Waals surface area contributed by atoms with E-state index in [2.05, 4.69) is 0 Å². The molecule has 1 amide bonds. The Morgan fingerprint density at radius 2 is 2.06 bits per heavy atom.